The molecule has 3 N–H and O–H groups in total. The van der Waals surface area contributed by atoms with Gasteiger partial charge in [-0.05, 0) is 18.4 Å². The van der Waals surface area contributed by atoms with Crippen molar-refractivity contribution < 1.29 is 18.7 Å². The number of carbonyl (C=O) groups excluding carboxylic acids is 2. The molecular weight excluding hydrogens is 355 g/mol. The van der Waals surface area contributed by atoms with Crippen molar-refractivity contribution >= 4 is 23.3 Å². The molecule has 1 aliphatic rings. The maximum atomic E-state index is 14.2. The number of aromatic nitrogens is 3. The van der Waals surface area contributed by atoms with E-state index in [1.165, 1.54) is 12.4 Å². The lowest BCUT2D eigenvalue weighted by Gasteiger charge is -2.21. The third-order valence-electron chi connectivity index (χ3n) is 3.99. The van der Waals surface area contributed by atoms with Gasteiger partial charge in [-0.2, -0.15) is 5.10 Å². The average Bonchev–Trinajstić information content (AvgIpc) is 2.99. The average molecular weight is 376 g/mol. The monoisotopic (exact) mass is 376 g/mol. The Morgan fingerprint density at radius 1 is 1.44 bits per heavy atom. The van der Waals surface area contributed by atoms with Crippen molar-refractivity contribution in [3.05, 3.63) is 30.1 Å². The third kappa shape index (κ3) is 4.33. The van der Waals surface area contributed by atoms with E-state index in [-0.39, 0.29) is 35.7 Å². The van der Waals surface area contributed by atoms with Gasteiger partial charge in [0, 0.05) is 18.8 Å². The molecule has 144 valence electrons. The fourth-order valence-electron chi connectivity index (χ4n) is 2.88. The number of nitrogens with one attached hydrogen (secondary N) is 3. The first-order valence-electron chi connectivity index (χ1n) is 8.51. The Morgan fingerprint density at radius 2 is 2.22 bits per heavy atom. The molecule has 1 aromatic heterocycles. The summed E-state index contributed by atoms with van der Waals surface area (Å²) in [6, 6.07) is 1.69. The molecule has 9 nitrogen and oxygen atoms in total. The van der Waals surface area contributed by atoms with E-state index >= 15 is 0 Å². The van der Waals surface area contributed by atoms with E-state index in [4.69, 9.17) is 4.74 Å². The standard InChI is InChI=1S/C17H21FN6O3/c1-9(2)4-13(16-19-8-20-24(16)3)23-17(26)21-10-5-11(18)15-12(6-10)22-14(25)7-27-15/h5-6,8-9,13H,4,7H2,1-3H3,(H,22,25)(H2,21,23,26)/t13-/m1/s1. The molecule has 0 spiro atoms. The molecule has 3 amide bonds. The van der Waals surface area contributed by atoms with Crippen molar-refractivity contribution in [3.8, 4) is 5.75 Å². The van der Waals surface area contributed by atoms with Gasteiger partial charge in [0.15, 0.2) is 18.2 Å². The zero-order valence-electron chi connectivity index (χ0n) is 15.2. The molecule has 0 unspecified atom stereocenters. The van der Waals surface area contributed by atoms with E-state index in [0.717, 1.165) is 6.07 Å². The predicted octanol–water partition coefficient (Wildman–Crippen LogP) is 2.19. The topological polar surface area (TPSA) is 110 Å². The normalized spacial score (nSPS) is 14.2. The summed E-state index contributed by atoms with van der Waals surface area (Å²) in [5.74, 6) is -0.174. The van der Waals surface area contributed by atoms with Crippen LogP contribution in [-0.4, -0.2) is 33.3 Å². The second-order valence-corrected chi connectivity index (χ2v) is 6.69. The molecule has 3 rings (SSSR count). The van der Waals surface area contributed by atoms with Crippen LogP contribution in [0.15, 0.2) is 18.5 Å². The summed E-state index contributed by atoms with van der Waals surface area (Å²) in [6.07, 6.45) is 2.08. The molecule has 27 heavy (non-hydrogen) atoms. The molecule has 10 heteroatoms. The summed E-state index contributed by atoms with van der Waals surface area (Å²) in [5.41, 5.74) is 0.365. The highest BCUT2D eigenvalue weighted by molar-refractivity contribution is 5.97. The van der Waals surface area contributed by atoms with E-state index in [2.05, 4.69) is 26.0 Å². The van der Waals surface area contributed by atoms with E-state index in [0.29, 0.717) is 18.2 Å². The van der Waals surface area contributed by atoms with Crippen LogP contribution in [0.4, 0.5) is 20.6 Å². The molecule has 0 bridgehead atoms. The zero-order valence-corrected chi connectivity index (χ0v) is 15.2. The molecule has 0 aliphatic carbocycles. The highest BCUT2D eigenvalue weighted by Crippen LogP contribution is 2.33. The van der Waals surface area contributed by atoms with Crippen molar-refractivity contribution in [2.45, 2.75) is 26.3 Å². The Kier molecular flexibility index (Phi) is 5.24. The van der Waals surface area contributed by atoms with Crippen LogP contribution in [0.1, 0.15) is 32.1 Å². The number of hydrogen-bond donors (Lipinski definition) is 3. The molecule has 2 aromatic rings. The first-order chi connectivity index (χ1) is 12.8. The number of aryl methyl sites for hydroxylation is 1. The number of benzene rings is 1. The Balaban J connectivity index is 1.74. The van der Waals surface area contributed by atoms with Crippen molar-refractivity contribution in [3.63, 3.8) is 0 Å². The number of fused-ring (bicyclic) bond motifs is 1. The number of urea groups is 1. The first-order valence-corrected chi connectivity index (χ1v) is 8.51. The summed E-state index contributed by atoms with van der Waals surface area (Å²) in [4.78, 5) is 28.0. The quantitative estimate of drug-likeness (QED) is 0.741. The van der Waals surface area contributed by atoms with Crippen LogP contribution in [0.25, 0.3) is 0 Å². The van der Waals surface area contributed by atoms with Gasteiger partial charge >= 0.3 is 6.03 Å². The summed E-state index contributed by atoms with van der Waals surface area (Å²) in [6.45, 7) is 3.82. The van der Waals surface area contributed by atoms with Crippen LogP contribution >= 0.6 is 0 Å². The molecule has 0 saturated carbocycles. The lowest BCUT2D eigenvalue weighted by molar-refractivity contribution is -0.118. The van der Waals surface area contributed by atoms with Crippen LogP contribution in [0, 0.1) is 11.7 Å². The van der Waals surface area contributed by atoms with Gasteiger partial charge in [-0.15, -0.1) is 0 Å². The molecule has 1 aliphatic heterocycles. The SMILES string of the molecule is CC(C)C[C@@H](NC(=O)Nc1cc(F)c2c(c1)NC(=O)CO2)c1ncnn1C. The number of hydrogen-bond acceptors (Lipinski definition) is 5. The minimum atomic E-state index is -0.671. The number of nitrogens with zero attached hydrogens (tertiary/aromatic N) is 3. The molecule has 0 fully saturated rings. The van der Waals surface area contributed by atoms with Gasteiger partial charge < -0.3 is 20.7 Å². The largest absolute Gasteiger partial charge is 0.478 e. The Hall–Kier alpha value is -3.17. The lowest BCUT2D eigenvalue weighted by Crippen LogP contribution is -2.35. The summed E-state index contributed by atoms with van der Waals surface area (Å²) in [5, 5.41) is 12.0. The third-order valence-corrected chi connectivity index (χ3v) is 3.99. The van der Waals surface area contributed by atoms with Gasteiger partial charge in [-0.1, -0.05) is 13.8 Å². The summed E-state index contributed by atoms with van der Waals surface area (Å²) in [7, 11) is 1.75. The lowest BCUT2D eigenvalue weighted by atomic mass is 10.0. The number of amides is 3. The van der Waals surface area contributed by atoms with Crippen LogP contribution in [-0.2, 0) is 11.8 Å². The van der Waals surface area contributed by atoms with E-state index in [9.17, 15) is 14.0 Å². The summed E-state index contributed by atoms with van der Waals surface area (Å²) < 4.78 is 20.8. The van der Waals surface area contributed by atoms with Crippen molar-refractivity contribution in [2.24, 2.45) is 13.0 Å². The number of rotatable bonds is 5. The minimum absolute atomic E-state index is 0.0441. The van der Waals surface area contributed by atoms with Crippen LogP contribution in [0.5, 0.6) is 5.75 Å². The number of anilines is 2. The Morgan fingerprint density at radius 3 is 2.89 bits per heavy atom. The molecular formula is C17H21FN6O3. The Bertz CT molecular complexity index is 866. The fraction of sp³-hybridized carbons (Fsp3) is 0.412. The molecule has 0 radical (unpaired) electrons. The number of carbonyl (C=O) groups is 2. The van der Waals surface area contributed by atoms with Gasteiger partial charge in [0.25, 0.3) is 5.91 Å². The highest BCUT2D eigenvalue weighted by Gasteiger charge is 2.23. The molecule has 0 saturated heterocycles. The zero-order chi connectivity index (χ0) is 19.6. The Labute approximate surface area is 155 Å². The summed E-state index contributed by atoms with van der Waals surface area (Å²) >= 11 is 0. The second-order valence-electron chi connectivity index (χ2n) is 6.69. The van der Waals surface area contributed by atoms with Gasteiger partial charge in [0.05, 0.1) is 11.7 Å². The van der Waals surface area contributed by atoms with Gasteiger partial charge in [0.2, 0.25) is 0 Å². The van der Waals surface area contributed by atoms with Gasteiger partial charge in [0.1, 0.15) is 12.2 Å². The maximum absolute atomic E-state index is 14.2. The maximum Gasteiger partial charge on any atom is 0.319 e. The molecule has 1 atom stereocenters. The number of halogens is 1. The van der Waals surface area contributed by atoms with Crippen LogP contribution < -0.4 is 20.7 Å². The second kappa shape index (κ2) is 7.60. The van der Waals surface area contributed by atoms with E-state index < -0.39 is 11.8 Å². The smallest absolute Gasteiger partial charge is 0.319 e. The first kappa shape index (κ1) is 18.6. The fourth-order valence-corrected chi connectivity index (χ4v) is 2.88. The van der Waals surface area contributed by atoms with Gasteiger partial charge in [-0.3, -0.25) is 9.48 Å². The molecule has 1 aromatic carbocycles. The van der Waals surface area contributed by atoms with Crippen molar-refractivity contribution in [1.82, 2.24) is 20.1 Å². The van der Waals surface area contributed by atoms with Crippen LogP contribution in [0.2, 0.25) is 0 Å². The van der Waals surface area contributed by atoms with E-state index in [1.54, 1.807) is 11.7 Å². The van der Waals surface area contributed by atoms with Crippen molar-refractivity contribution in [2.75, 3.05) is 17.2 Å². The van der Waals surface area contributed by atoms with E-state index in [1.807, 2.05) is 13.8 Å². The van der Waals surface area contributed by atoms with Gasteiger partial charge in [-0.25, -0.2) is 14.2 Å². The van der Waals surface area contributed by atoms with Crippen molar-refractivity contribution in [1.29, 1.82) is 0 Å². The number of ether oxygens (including phenoxy) is 1. The molecule has 2 heterocycles. The predicted molar refractivity (Wildman–Crippen MR) is 95.9 cm³/mol. The van der Waals surface area contributed by atoms with Crippen LogP contribution in [0.3, 0.4) is 0 Å². The highest BCUT2D eigenvalue weighted by atomic mass is 19.1. The minimum Gasteiger partial charge on any atom is -0.478 e.